The Morgan fingerprint density at radius 2 is 1.66 bits per heavy atom. The van der Waals surface area contributed by atoms with E-state index in [-0.39, 0.29) is 23.8 Å². The molecule has 2 rings (SSSR count). The van der Waals surface area contributed by atoms with E-state index in [4.69, 9.17) is 4.74 Å². The molecule has 0 bridgehead atoms. The van der Waals surface area contributed by atoms with Crippen molar-refractivity contribution in [1.82, 2.24) is 10.2 Å². The van der Waals surface area contributed by atoms with Crippen molar-refractivity contribution in [1.29, 1.82) is 0 Å². The van der Waals surface area contributed by atoms with Crippen LogP contribution in [0.25, 0.3) is 0 Å². The largest absolute Gasteiger partial charge is 0.483 e. The van der Waals surface area contributed by atoms with Crippen molar-refractivity contribution in [3.63, 3.8) is 0 Å². The number of para-hydroxylation sites is 1. The summed E-state index contributed by atoms with van der Waals surface area (Å²) in [4.78, 5) is 27.9. The van der Waals surface area contributed by atoms with Gasteiger partial charge in [0.15, 0.2) is 6.61 Å². The Balaban J connectivity index is 2.21. The molecule has 0 radical (unpaired) electrons. The highest BCUT2D eigenvalue weighted by molar-refractivity contribution is 5.88. The minimum Gasteiger partial charge on any atom is -0.483 e. The van der Waals surface area contributed by atoms with Crippen LogP contribution in [0.15, 0.2) is 54.6 Å². The van der Waals surface area contributed by atoms with Crippen LogP contribution < -0.4 is 10.1 Å². The predicted molar refractivity (Wildman–Crippen MR) is 130 cm³/mol. The lowest BCUT2D eigenvalue weighted by atomic mass is 9.86. The first kappa shape index (κ1) is 25.4. The van der Waals surface area contributed by atoms with E-state index < -0.39 is 6.04 Å². The standard InChI is InChI=1S/C27H38N2O3/c1-6-8-18-28-26(31)23(7-2)29(19-21-14-10-9-11-15-21)25(30)20-32-24-17-13-12-16-22(24)27(3,4)5/h9-17,23H,6-8,18-20H2,1-5H3,(H,28,31)/t23-/m0/s1. The normalized spacial score (nSPS) is 12.2. The SMILES string of the molecule is CCCCNC(=O)[C@H](CC)N(Cc1ccccc1)C(=O)COc1ccccc1C(C)(C)C. The van der Waals surface area contributed by atoms with Crippen molar-refractivity contribution in [2.75, 3.05) is 13.2 Å². The molecular formula is C27H38N2O3. The van der Waals surface area contributed by atoms with E-state index in [1.165, 1.54) is 0 Å². The maximum atomic E-state index is 13.3. The summed E-state index contributed by atoms with van der Waals surface area (Å²) in [6.07, 6.45) is 2.46. The van der Waals surface area contributed by atoms with Crippen LogP contribution in [-0.2, 0) is 21.5 Å². The Bertz CT molecular complexity index is 859. The van der Waals surface area contributed by atoms with Gasteiger partial charge in [0.2, 0.25) is 5.91 Å². The molecule has 0 aromatic heterocycles. The van der Waals surface area contributed by atoms with Gasteiger partial charge in [0, 0.05) is 13.1 Å². The number of hydrogen-bond donors (Lipinski definition) is 1. The third-order valence-electron chi connectivity index (χ3n) is 5.46. The molecule has 0 spiro atoms. The predicted octanol–water partition coefficient (Wildman–Crippen LogP) is 5.09. The minimum absolute atomic E-state index is 0.103. The number of hydrogen-bond acceptors (Lipinski definition) is 3. The maximum Gasteiger partial charge on any atom is 0.261 e. The van der Waals surface area contributed by atoms with Gasteiger partial charge in [0.05, 0.1) is 0 Å². The lowest BCUT2D eigenvalue weighted by Crippen LogP contribution is -2.50. The zero-order valence-corrected chi connectivity index (χ0v) is 20.2. The third kappa shape index (κ3) is 7.40. The maximum absolute atomic E-state index is 13.3. The van der Waals surface area contributed by atoms with Crippen molar-refractivity contribution in [2.45, 2.75) is 71.9 Å². The number of carbonyl (C=O) groups is 2. The Kier molecular flexibility index (Phi) is 9.76. The van der Waals surface area contributed by atoms with Crippen molar-refractivity contribution >= 4 is 11.8 Å². The quantitative estimate of drug-likeness (QED) is 0.497. The highest BCUT2D eigenvalue weighted by Gasteiger charge is 2.29. The average molecular weight is 439 g/mol. The molecule has 174 valence electrons. The molecule has 0 fully saturated rings. The number of rotatable bonds is 11. The summed E-state index contributed by atoms with van der Waals surface area (Å²) in [5, 5.41) is 2.98. The number of benzene rings is 2. The molecule has 0 aliphatic heterocycles. The molecule has 0 aliphatic carbocycles. The van der Waals surface area contributed by atoms with E-state index in [1.807, 2.05) is 61.5 Å². The number of carbonyl (C=O) groups excluding carboxylic acids is 2. The van der Waals surface area contributed by atoms with Gasteiger partial charge in [-0.25, -0.2) is 0 Å². The number of unbranched alkanes of at least 4 members (excludes halogenated alkanes) is 1. The molecule has 1 N–H and O–H groups in total. The van der Waals surface area contributed by atoms with Crippen LogP contribution in [0, 0.1) is 0 Å². The van der Waals surface area contributed by atoms with Crippen LogP contribution in [0.2, 0.25) is 0 Å². The van der Waals surface area contributed by atoms with Gasteiger partial charge < -0.3 is 15.0 Å². The van der Waals surface area contributed by atoms with Gasteiger partial charge in [-0.05, 0) is 35.4 Å². The van der Waals surface area contributed by atoms with E-state index >= 15 is 0 Å². The second kappa shape index (κ2) is 12.3. The lowest BCUT2D eigenvalue weighted by Gasteiger charge is -2.31. The van der Waals surface area contributed by atoms with Crippen molar-refractivity contribution in [3.05, 3.63) is 65.7 Å². The molecule has 0 unspecified atom stereocenters. The lowest BCUT2D eigenvalue weighted by molar-refractivity contribution is -0.143. The molecule has 0 saturated carbocycles. The van der Waals surface area contributed by atoms with E-state index in [2.05, 4.69) is 33.0 Å². The Morgan fingerprint density at radius 1 is 1.00 bits per heavy atom. The van der Waals surface area contributed by atoms with Crippen molar-refractivity contribution in [3.8, 4) is 5.75 Å². The van der Waals surface area contributed by atoms with Gasteiger partial charge >= 0.3 is 0 Å². The summed E-state index contributed by atoms with van der Waals surface area (Å²) >= 11 is 0. The van der Waals surface area contributed by atoms with E-state index in [9.17, 15) is 9.59 Å². The van der Waals surface area contributed by atoms with E-state index in [0.29, 0.717) is 25.3 Å². The van der Waals surface area contributed by atoms with Crippen LogP contribution in [0.5, 0.6) is 5.75 Å². The highest BCUT2D eigenvalue weighted by atomic mass is 16.5. The summed E-state index contributed by atoms with van der Waals surface area (Å²) in [6.45, 7) is 11.2. The molecule has 2 amide bonds. The Morgan fingerprint density at radius 3 is 2.28 bits per heavy atom. The van der Waals surface area contributed by atoms with Crippen LogP contribution in [0.3, 0.4) is 0 Å². The first-order valence-corrected chi connectivity index (χ1v) is 11.6. The van der Waals surface area contributed by atoms with Crippen LogP contribution in [0.4, 0.5) is 0 Å². The molecule has 2 aromatic carbocycles. The molecule has 5 heteroatoms. The van der Waals surface area contributed by atoms with Gasteiger partial charge in [-0.3, -0.25) is 9.59 Å². The average Bonchev–Trinajstić information content (AvgIpc) is 2.77. The first-order chi connectivity index (χ1) is 15.3. The summed E-state index contributed by atoms with van der Waals surface area (Å²) in [5.41, 5.74) is 1.93. The summed E-state index contributed by atoms with van der Waals surface area (Å²) in [5.74, 6) is 0.392. The summed E-state index contributed by atoms with van der Waals surface area (Å²) < 4.78 is 5.99. The topological polar surface area (TPSA) is 58.6 Å². The van der Waals surface area contributed by atoms with Crippen molar-refractivity contribution in [2.24, 2.45) is 0 Å². The van der Waals surface area contributed by atoms with E-state index in [0.717, 1.165) is 24.0 Å². The molecule has 0 heterocycles. The van der Waals surface area contributed by atoms with Gasteiger partial charge in [-0.1, -0.05) is 89.6 Å². The number of nitrogens with one attached hydrogen (secondary N) is 1. The molecule has 0 aliphatic rings. The van der Waals surface area contributed by atoms with Crippen LogP contribution in [0.1, 0.15) is 65.0 Å². The number of ether oxygens (including phenoxy) is 1. The Labute approximate surface area is 193 Å². The summed E-state index contributed by atoms with van der Waals surface area (Å²) in [6, 6.07) is 17.0. The zero-order valence-electron chi connectivity index (χ0n) is 20.2. The minimum atomic E-state index is -0.541. The molecule has 2 aromatic rings. The number of amides is 2. The molecular weight excluding hydrogens is 400 g/mol. The third-order valence-corrected chi connectivity index (χ3v) is 5.46. The first-order valence-electron chi connectivity index (χ1n) is 11.6. The molecule has 32 heavy (non-hydrogen) atoms. The fourth-order valence-corrected chi connectivity index (χ4v) is 3.64. The second-order valence-electron chi connectivity index (χ2n) is 9.11. The zero-order chi connectivity index (χ0) is 23.6. The van der Waals surface area contributed by atoms with E-state index in [1.54, 1.807) is 4.90 Å². The van der Waals surface area contributed by atoms with Gasteiger partial charge in [0.1, 0.15) is 11.8 Å². The highest BCUT2D eigenvalue weighted by Crippen LogP contribution is 2.31. The fraction of sp³-hybridized carbons (Fsp3) is 0.481. The Hall–Kier alpha value is -2.82. The van der Waals surface area contributed by atoms with Gasteiger partial charge in [0.25, 0.3) is 5.91 Å². The van der Waals surface area contributed by atoms with Crippen molar-refractivity contribution < 1.29 is 14.3 Å². The molecule has 5 nitrogen and oxygen atoms in total. The monoisotopic (exact) mass is 438 g/mol. The number of nitrogens with zero attached hydrogens (tertiary/aromatic N) is 1. The van der Waals surface area contributed by atoms with Gasteiger partial charge in [-0.15, -0.1) is 0 Å². The smallest absolute Gasteiger partial charge is 0.261 e. The summed E-state index contributed by atoms with van der Waals surface area (Å²) in [7, 11) is 0. The fourth-order valence-electron chi connectivity index (χ4n) is 3.64. The van der Waals surface area contributed by atoms with Crippen LogP contribution in [-0.4, -0.2) is 35.9 Å². The second-order valence-corrected chi connectivity index (χ2v) is 9.11. The van der Waals surface area contributed by atoms with Crippen LogP contribution >= 0.6 is 0 Å². The molecule has 1 atom stereocenters. The van der Waals surface area contributed by atoms with Gasteiger partial charge in [-0.2, -0.15) is 0 Å². The molecule has 0 saturated heterocycles.